The first-order valence-corrected chi connectivity index (χ1v) is 24.8. The molecule has 1 aliphatic rings. The van der Waals surface area contributed by atoms with Gasteiger partial charge in [-0.25, -0.2) is 4.79 Å². The first-order valence-electron chi connectivity index (χ1n) is 24.8. The highest BCUT2D eigenvalue weighted by Gasteiger charge is 2.40. The van der Waals surface area contributed by atoms with E-state index in [0.717, 1.165) is 11.8 Å². The van der Waals surface area contributed by atoms with E-state index in [2.05, 4.69) is 52.5 Å². The quantitative estimate of drug-likeness (QED) is 0.0156. The van der Waals surface area contributed by atoms with Crippen molar-refractivity contribution in [1.82, 2.24) is 47.4 Å². The summed E-state index contributed by atoms with van der Waals surface area (Å²) in [7, 11) is 0. The number of amides is 11. The summed E-state index contributed by atoms with van der Waals surface area (Å²) in [5.41, 5.74) is 37.9. The van der Waals surface area contributed by atoms with Crippen LogP contribution in [0.1, 0.15) is 97.3 Å². The van der Waals surface area contributed by atoms with E-state index in [0.29, 0.717) is 6.42 Å². The summed E-state index contributed by atoms with van der Waals surface area (Å²) in [6.07, 6.45) is -1.01. The molecular weight excluding hydrogens is 1020 g/mol. The molecular formula is C44H78N18O15. The number of carboxylic acids is 1. The minimum atomic E-state index is -1.77. The number of aliphatic carboxylic acids is 1. The molecule has 11 amide bonds. The minimum Gasteiger partial charge on any atom is -0.480 e. The molecule has 0 unspecified atom stereocenters. The molecule has 0 aromatic heterocycles. The van der Waals surface area contributed by atoms with Crippen LogP contribution in [0.4, 0.5) is 0 Å². The number of nitrogens with one attached hydrogen (secondary N) is 8. The summed E-state index contributed by atoms with van der Waals surface area (Å²) in [6, 6.07) is -13.4. The first-order chi connectivity index (χ1) is 36.3. The number of aliphatic hydroxyl groups is 2. The van der Waals surface area contributed by atoms with Crippen molar-refractivity contribution in [2.75, 3.05) is 39.4 Å². The third-order valence-electron chi connectivity index (χ3n) is 11.6. The largest absolute Gasteiger partial charge is 0.480 e. The Morgan fingerprint density at radius 3 is 1.36 bits per heavy atom. The number of carbonyl (C=O) groups is 12. The van der Waals surface area contributed by atoms with Crippen LogP contribution in [-0.4, -0.2) is 197 Å². The Hall–Kier alpha value is -7.94. The van der Waals surface area contributed by atoms with Crippen LogP contribution in [0.3, 0.4) is 0 Å². The van der Waals surface area contributed by atoms with Gasteiger partial charge in [-0.05, 0) is 84.1 Å². The number of aliphatic imine (C=N–C) groups is 2. The molecule has 434 valence electrons. The molecule has 1 fully saturated rings. The maximum atomic E-state index is 14.5. The molecule has 0 radical (unpaired) electrons. The number of aliphatic hydroxyl groups excluding tert-OH is 2. The van der Waals surface area contributed by atoms with Gasteiger partial charge in [0.25, 0.3) is 0 Å². The third-order valence-corrected chi connectivity index (χ3v) is 11.6. The van der Waals surface area contributed by atoms with Crippen molar-refractivity contribution >= 4 is 82.9 Å². The standard InChI is InChI=1S/C44H78N18O15/c1-22(54-23(2)65)34(68)60-29(20-63)38(72)56-25(12-14-32(46)66)36(70)55-24(8-3-4-16-45)35(69)58-27(9-5-17-52-43(48)49)41(75)62-19-7-11-31(62)40(74)61-30(21-64)39(73)57-26(13-15-33(47)67)37(71)59-28(42(76)77)10-6-18-53-44(50)51/h22,24-31,63-64H,3-21,45H2,1-2H3,(H2,46,66)(H2,47,67)(H,54,65)(H,55,70)(H,56,72)(H,57,73)(H,58,69)(H,59,71)(H,60,68)(H,61,74)(H,76,77)(H4,48,49,52)(H4,50,51,53)/t22-,24-,25-,26-,27-,28-,29-,30-,31-/m0/s1. The number of nitrogens with zero attached hydrogens (tertiary/aromatic N) is 3. The molecule has 1 aliphatic heterocycles. The molecule has 0 saturated carbocycles. The fourth-order valence-corrected chi connectivity index (χ4v) is 7.58. The lowest BCUT2D eigenvalue weighted by molar-refractivity contribution is -0.143. The SMILES string of the molecule is CC(=O)N[C@@H](C)C(=O)N[C@@H](CO)C(=O)N[C@@H](CCC(N)=O)C(=O)N[C@@H](CCCCN)C(=O)N[C@@H](CCCN=C(N)N)C(=O)N1CCC[C@H]1C(=O)N[C@@H](CO)C(=O)N[C@@H](CCC(N)=O)C(=O)N[C@@H](CCCN=C(N)N)C(=O)O. The summed E-state index contributed by atoms with van der Waals surface area (Å²) >= 11 is 0. The topological polar surface area (TPSA) is 572 Å². The number of carboxylic acid groups (broad SMARTS) is 1. The van der Waals surface area contributed by atoms with Crippen LogP contribution in [0.2, 0.25) is 0 Å². The van der Waals surface area contributed by atoms with Crippen LogP contribution in [0, 0.1) is 0 Å². The van der Waals surface area contributed by atoms with Gasteiger partial charge in [0.15, 0.2) is 11.9 Å². The lowest BCUT2D eigenvalue weighted by Gasteiger charge is -2.31. The van der Waals surface area contributed by atoms with Gasteiger partial charge in [0.05, 0.1) is 13.2 Å². The summed E-state index contributed by atoms with van der Waals surface area (Å²) in [5.74, 6) is -12.1. The van der Waals surface area contributed by atoms with E-state index >= 15 is 0 Å². The molecule has 0 aromatic carbocycles. The zero-order valence-electron chi connectivity index (χ0n) is 43.3. The lowest BCUT2D eigenvalue weighted by Crippen LogP contribution is -2.60. The predicted octanol–water partition coefficient (Wildman–Crippen LogP) is -9.27. The number of hydrogen-bond donors (Lipinski definition) is 18. The van der Waals surface area contributed by atoms with Crippen LogP contribution in [0.15, 0.2) is 9.98 Å². The molecule has 0 spiro atoms. The number of primary amides is 2. The summed E-state index contributed by atoms with van der Waals surface area (Å²) < 4.78 is 0. The van der Waals surface area contributed by atoms with Gasteiger partial charge in [-0.1, -0.05) is 0 Å². The Kier molecular flexibility index (Phi) is 30.8. The molecule has 0 bridgehead atoms. The van der Waals surface area contributed by atoms with Crippen molar-refractivity contribution in [3.05, 3.63) is 0 Å². The maximum absolute atomic E-state index is 14.5. The second kappa shape index (κ2) is 35.3. The fourth-order valence-electron chi connectivity index (χ4n) is 7.58. The van der Waals surface area contributed by atoms with Gasteiger partial charge in [-0.15, -0.1) is 0 Å². The molecule has 0 aliphatic carbocycles. The number of hydrogen-bond acceptors (Lipinski definition) is 17. The molecule has 33 nitrogen and oxygen atoms in total. The first kappa shape index (κ1) is 67.1. The van der Waals surface area contributed by atoms with Crippen LogP contribution < -0.4 is 82.7 Å². The molecule has 25 N–H and O–H groups in total. The Morgan fingerprint density at radius 2 is 0.935 bits per heavy atom. The van der Waals surface area contributed by atoms with Gasteiger partial charge in [0.1, 0.15) is 54.4 Å². The van der Waals surface area contributed by atoms with E-state index in [-0.39, 0.29) is 89.5 Å². The van der Waals surface area contributed by atoms with Gasteiger partial charge >= 0.3 is 5.97 Å². The van der Waals surface area contributed by atoms with Crippen molar-refractivity contribution in [1.29, 1.82) is 0 Å². The van der Waals surface area contributed by atoms with Crippen LogP contribution in [-0.2, 0) is 57.5 Å². The van der Waals surface area contributed by atoms with Gasteiger partial charge in [-0.3, -0.25) is 62.7 Å². The number of carbonyl (C=O) groups excluding carboxylic acids is 11. The lowest BCUT2D eigenvalue weighted by atomic mass is 10.0. The van der Waals surface area contributed by atoms with Crippen molar-refractivity contribution in [3.8, 4) is 0 Å². The average Bonchev–Trinajstić information content (AvgIpc) is 3.85. The highest BCUT2D eigenvalue weighted by Crippen LogP contribution is 2.21. The molecule has 33 heteroatoms. The summed E-state index contributed by atoms with van der Waals surface area (Å²) in [6.45, 7) is 0.611. The van der Waals surface area contributed by atoms with E-state index in [9.17, 15) is 72.9 Å². The van der Waals surface area contributed by atoms with E-state index in [4.69, 9.17) is 40.1 Å². The van der Waals surface area contributed by atoms with E-state index in [1.54, 1.807) is 0 Å². The van der Waals surface area contributed by atoms with Crippen LogP contribution >= 0.6 is 0 Å². The molecule has 1 saturated heterocycles. The van der Waals surface area contributed by atoms with Gasteiger partial charge in [0, 0.05) is 39.4 Å². The average molecular weight is 1100 g/mol. The predicted molar refractivity (Wildman–Crippen MR) is 273 cm³/mol. The van der Waals surface area contributed by atoms with Crippen LogP contribution in [0.5, 0.6) is 0 Å². The molecule has 9 atom stereocenters. The van der Waals surface area contributed by atoms with Gasteiger partial charge in [-0.2, -0.15) is 0 Å². The Labute approximate surface area is 443 Å². The fraction of sp³-hybridized carbons (Fsp3) is 0.682. The number of rotatable bonds is 37. The number of likely N-dealkylation sites (tertiary alicyclic amines) is 1. The summed E-state index contributed by atoms with van der Waals surface area (Å²) in [4.78, 5) is 165. The second-order valence-electron chi connectivity index (χ2n) is 17.9. The van der Waals surface area contributed by atoms with Crippen LogP contribution in [0.25, 0.3) is 0 Å². The molecule has 0 aromatic rings. The maximum Gasteiger partial charge on any atom is 0.326 e. The molecule has 1 heterocycles. The summed E-state index contributed by atoms with van der Waals surface area (Å²) in [5, 5.41) is 48.9. The Balaban J connectivity index is 3.46. The van der Waals surface area contributed by atoms with Crippen molar-refractivity contribution < 1.29 is 72.9 Å². The molecule has 77 heavy (non-hydrogen) atoms. The normalized spacial score (nSPS) is 15.9. The zero-order chi connectivity index (χ0) is 58.4. The minimum absolute atomic E-state index is 0.0205. The van der Waals surface area contributed by atoms with Crippen molar-refractivity contribution in [2.45, 2.75) is 152 Å². The second-order valence-corrected chi connectivity index (χ2v) is 17.9. The van der Waals surface area contributed by atoms with Crippen molar-refractivity contribution in [3.63, 3.8) is 0 Å². The monoisotopic (exact) mass is 1100 g/mol. The smallest absolute Gasteiger partial charge is 0.326 e. The Bertz CT molecular complexity index is 2120. The number of guanidine groups is 2. The molecule has 1 rings (SSSR count). The highest BCUT2D eigenvalue weighted by molar-refractivity contribution is 5.99. The third kappa shape index (κ3) is 25.9. The van der Waals surface area contributed by atoms with E-state index in [1.807, 2.05) is 0 Å². The number of nitrogens with two attached hydrogens (primary N) is 7. The number of unbranched alkanes of at least 4 members (excludes halogenated alkanes) is 1. The van der Waals surface area contributed by atoms with Gasteiger partial charge < -0.3 is 103 Å². The zero-order valence-corrected chi connectivity index (χ0v) is 43.3. The Morgan fingerprint density at radius 1 is 0.532 bits per heavy atom. The van der Waals surface area contributed by atoms with Gasteiger partial charge in [0.2, 0.25) is 65.0 Å². The van der Waals surface area contributed by atoms with Crippen molar-refractivity contribution in [2.24, 2.45) is 50.1 Å². The van der Waals surface area contributed by atoms with E-state index in [1.165, 1.54) is 6.92 Å². The highest BCUT2D eigenvalue weighted by atomic mass is 16.4. The van der Waals surface area contributed by atoms with E-state index < -0.39 is 164 Å².